The smallest absolute Gasteiger partial charge is 0.266 e. The standard InChI is InChI=1S/C15H20N4O5S/c1-10(2)24-13-6-5-11(7-14(13)23-4)15(20)17-18-25(21,22)12-8-16-19(3)9-12/h5-10,18H,1-4H3,(H,17,20). The van der Waals surface area contributed by atoms with E-state index in [2.05, 4.69) is 10.5 Å². The molecule has 10 heteroatoms. The fourth-order valence-electron chi connectivity index (χ4n) is 1.94. The van der Waals surface area contributed by atoms with Gasteiger partial charge in [-0.05, 0) is 32.0 Å². The molecule has 2 rings (SSSR count). The number of aromatic nitrogens is 2. The summed E-state index contributed by atoms with van der Waals surface area (Å²) in [4.78, 5) is 14.1. The van der Waals surface area contributed by atoms with Gasteiger partial charge in [-0.2, -0.15) is 5.10 Å². The molecule has 0 saturated heterocycles. The van der Waals surface area contributed by atoms with Gasteiger partial charge in [0.05, 0.1) is 19.4 Å². The van der Waals surface area contributed by atoms with E-state index in [1.807, 2.05) is 18.7 Å². The Morgan fingerprint density at radius 1 is 1.28 bits per heavy atom. The number of carbonyl (C=O) groups is 1. The summed E-state index contributed by atoms with van der Waals surface area (Å²) >= 11 is 0. The zero-order valence-corrected chi connectivity index (χ0v) is 15.1. The van der Waals surface area contributed by atoms with Crippen molar-refractivity contribution in [3.05, 3.63) is 36.2 Å². The highest BCUT2D eigenvalue weighted by Crippen LogP contribution is 2.28. The first-order valence-electron chi connectivity index (χ1n) is 7.38. The van der Waals surface area contributed by atoms with E-state index in [9.17, 15) is 13.2 Å². The molecular weight excluding hydrogens is 348 g/mol. The van der Waals surface area contributed by atoms with Gasteiger partial charge in [-0.25, -0.2) is 8.42 Å². The van der Waals surface area contributed by atoms with Crippen LogP contribution in [0.5, 0.6) is 11.5 Å². The van der Waals surface area contributed by atoms with Crippen molar-refractivity contribution in [2.45, 2.75) is 24.8 Å². The quantitative estimate of drug-likeness (QED) is 0.701. The minimum atomic E-state index is -3.90. The molecule has 1 amide bonds. The van der Waals surface area contributed by atoms with E-state index >= 15 is 0 Å². The zero-order chi connectivity index (χ0) is 18.6. The van der Waals surface area contributed by atoms with Crippen molar-refractivity contribution in [3.63, 3.8) is 0 Å². The second kappa shape index (κ2) is 7.53. The van der Waals surface area contributed by atoms with Crippen LogP contribution in [0.4, 0.5) is 0 Å². The number of benzene rings is 1. The highest BCUT2D eigenvalue weighted by atomic mass is 32.2. The maximum Gasteiger partial charge on any atom is 0.266 e. The van der Waals surface area contributed by atoms with Gasteiger partial charge in [-0.1, -0.05) is 0 Å². The van der Waals surface area contributed by atoms with Gasteiger partial charge in [0.15, 0.2) is 11.5 Å². The monoisotopic (exact) mass is 368 g/mol. The van der Waals surface area contributed by atoms with Crippen molar-refractivity contribution in [1.82, 2.24) is 20.0 Å². The topological polar surface area (TPSA) is 112 Å². The van der Waals surface area contributed by atoms with E-state index in [0.29, 0.717) is 11.5 Å². The molecule has 2 aromatic rings. The normalized spacial score (nSPS) is 11.4. The molecule has 0 aliphatic heterocycles. The van der Waals surface area contributed by atoms with Crippen LogP contribution in [0.15, 0.2) is 35.5 Å². The largest absolute Gasteiger partial charge is 0.493 e. The Kier molecular flexibility index (Phi) is 5.65. The van der Waals surface area contributed by atoms with E-state index < -0.39 is 15.9 Å². The first kappa shape index (κ1) is 18.7. The van der Waals surface area contributed by atoms with E-state index in [-0.39, 0.29) is 16.6 Å². The molecule has 1 aromatic carbocycles. The predicted molar refractivity (Wildman–Crippen MR) is 89.8 cm³/mol. The van der Waals surface area contributed by atoms with Crippen LogP contribution in [0.1, 0.15) is 24.2 Å². The van der Waals surface area contributed by atoms with Gasteiger partial charge in [0.1, 0.15) is 4.90 Å². The molecule has 0 unspecified atom stereocenters. The van der Waals surface area contributed by atoms with E-state index in [1.54, 1.807) is 13.1 Å². The number of aryl methyl sites for hydroxylation is 1. The molecular formula is C15H20N4O5S. The number of carbonyl (C=O) groups excluding carboxylic acids is 1. The highest BCUT2D eigenvalue weighted by Gasteiger charge is 2.18. The summed E-state index contributed by atoms with van der Waals surface area (Å²) in [6, 6.07) is 4.56. The van der Waals surface area contributed by atoms with Crippen molar-refractivity contribution >= 4 is 15.9 Å². The van der Waals surface area contributed by atoms with Crippen molar-refractivity contribution in [1.29, 1.82) is 0 Å². The number of amides is 1. The van der Waals surface area contributed by atoms with E-state index in [0.717, 1.165) is 0 Å². The van der Waals surface area contributed by atoms with Crippen LogP contribution in [-0.2, 0) is 17.1 Å². The molecule has 0 aliphatic rings. The Bertz CT molecular complexity index is 861. The van der Waals surface area contributed by atoms with Crippen LogP contribution in [0.2, 0.25) is 0 Å². The van der Waals surface area contributed by atoms with Gasteiger partial charge < -0.3 is 9.47 Å². The number of sulfonamides is 1. The minimum Gasteiger partial charge on any atom is -0.493 e. The number of hydrogen-bond acceptors (Lipinski definition) is 6. The van der Waals surface area contributed by atoms with E-state index in [4.69, 9.17) is 9.47 Å². The predicted octanol–water partition coefficient (Wildman–Crippen LogP) is 0.839. The molecule has 136 valence electrons. The minimum absolute atomic E-state index is 0.0557. The number of ether oxygens (including phenoxy) is 2. The van der Waals surface area contributed by atoms with Gasteiger partial charge >= 0.3 is 0 Å². The average Bonchev–Trinajstić information content (AvgIpc) is 3.00. The molecule has 0 aliphatic carbocycles. The Morgan fingerprint density at radius 3 is 2.56 bits per heavy atom. The Balaban J connectivity index is 2.10. The average molecular weight is 368 g/mol. The SMILES string of the molecule is COc1cc(C(=O)NNS(=O)(=O)c2cnn(C)c2)ccc1OC(C)C. The van der Waals surface area contributed by atoms with Crippen LogP contribution in [0, 0.1) is 0 Å². The Hall–Kier alpha value is -2.59. The summed E-state index contributed by atoms with van der Waals surface area (Å²) in [5, 5.41) is 3.78. The van der Waals surface area contributed by atoms with Gasteiger partial charge in [0, 0.05) is 18.8 Å². The van der Waals surface area contributed by atoms with Crippen molar-refractivity contribution in [2.75, 3.05) is 7.11 Å². The fraction of sp³-hybridized carbons (Fsp3) is 0.333. The molecule has 0 radical (unpaired) electrons. The maximum absolute atomic E-state index is 12.2. The maximum atomic E-state index is 12.2. The van der Waals surface area contributed by atoms with Gasteiger partial charge in [0.2, 0.25) is 0 Å². The van der Waals surface area contributed by atoms with Crippen LogP contribution < -0.4 is 19.7 Å². The number of rotatable bonds is 7. The Labute approximate surface area is 146 Å². The van der Waals surface area contributed by atoms with Crippen molar-refractivity contribution < 1.29 is 22.7 Å². The molecule has 0 bridgehead atoms. The third-order valence-corrected chi connectivity index (χ3v) is 4.28. The van der Waals surface area contributed by atoms with Crippen LogP contribution in [-0.4, -0.2) is 37.3 Å². The first-order chi connectivity index (χ1) is 11.7. The molecule has 0 saturated carbocycles. The number of nitrogens with zero attached hydrogens (tertiary/aromatic N) is 2. The molecule has 0 atom stereocenters. The Morgan fingerprint density at radius 2 is 2.00 bits per heavy atom. The first-order valence-corrected chi connectivity index (χ1v) is 8.86. The third kappa shape index (κ3) is 4.70. The fourth-order valence-corrected chi connectivity index (χ4v) is 2.76. The second-order valence-electron chi connectivity index (χ2n) is 5.44. The molecule has 1 aromatic heterocycles. The summed E-state index contributed by atoms with van der Waals surface area (Å²) in [5.74, 6) is 0.225. The third-order valence-electron chi connectivity index (χ3n) is 3.08. The number of hydrazine groups is 1. The second-order valence-corrected chi connectivity index (χ2v) is 7.12. The van der Waals surface area contributed by atoms with Gasteiger partial charge in [-0.3, -0.25) is 14.9 Å². The number of methoxy groups -OCH3 is 1. The van der Waals surface area contributed by atoms with Crippen LogP contribution >= 0.6 is 0 Å². The lowest BCUT2D eigenvalue weighted by Crippen LogP contribution is -2.41. The van der Waals surface area contributed by atoms with Crippen molar-refractivity contribution in [3.8, 4) is 11.5 Å². The number of nitrogens with one attached hydrogen (secondary N) is 2. The lowest BCUT2D eigenvalue weighted by atomic mass is 10.2. The molecule has 0 spiro atoms. The highest BCUT2D eigenvalue weighted by molar-refractivity contribution is 7.89. The summed E-state index contributed by atoms with van der Waals surface area (Å²) in [7, 11) is -0.862. The van der Waals surface area contributed by atoms with Gasteiger partial charge in [-0.15, -0.1) is 4.83 Å². The van der Waals surface area contributed by atoms with Gasteiger partial charge in [0.25, 0.3) is 15.9 Å². The van der Waals surface area contributed by atoms with Crippen LogP contribution in [0.25, 0.3) is 0 Å². The molecule has 25 heavy (non-hydrogen) atoms. The zero-order valence-electron chi connectivity index (χ0n) is 14.3. The van der Waals surface area contributed by atoms with Crippen molar-refractivity contribution in [2.24, 2.45) is 7.05 Å². The summed E-state index contributed by atoms with van der Waals surface area (Å²) in [5.41, 5.74) is 2.36. The summed E-state index contributed by atoms with van der Waals surface area (Å²) < 4.78 is 36.2. The molecule has 2 N–H and O–H groups in total. The molecule has 1 heterocycles. The lowest BCUT2D eigenvalue weighted by Gasteiger charge is -2.14. The van der Waals surface area contributed by atoms with E-state index in [1.165, 1.54) is 36.3 Å². The number of hydrogen-bond donors (Lipinski definition) is 2. The van der Waals surface area contributed by atoms with Crippen LogP contribution in [0.3, 0.4) is 0 Å². The molecule has 9 nitrogen and oxygen atoms in total. The lowest BCUT2D eigenvalue weighted by molar-refractivity contribution is 0.0944. The summed E-state index contributed by atoms with van der Waals surface area (Å²) in [6.07, 6.45) is 2.44. The molecule has 0 fully saturated rings. The summed E-state index contributed by atoms with van der Waals surface area (Å²) in [6.45, 7) is 3.74.